The molecule has 0 aromatic carbocycles. The lowest BCUT2D eigenvalue weighted by Crippen LogP contribution is -2.40. The first-order valence-electron chi connectivity index (χ1n) is 10.7. The molecule has 176 valence electrons. The standard InChI is InChI=1S/C22H24F4N6O/c23-17(24)11-28-18-10-13(8-9-27-18)22(33)30-15-6-4-14(5-7-15)29-19-2-1-3-20-31-16(21(25)26)12-32(19)20/h1-3,8-10,12,14-15,17,21,29H,4-7,11H2,(H,27,28)(H,30,33)/t14-,15+. The minimum atomic E-state index is -2.63. The van der Waals surface area contributed by atoms with Gasteiger partial charge in [0.15, 0.2) is 0 Å². The summed E-state index contributed by atoms with van der Waals surface area (Å²) >= 11 is 0. The van der Waals surface area contributed by atoms with Crippen LogP contribution in [0.2, 0.25) is 0 Å². The molecule has 11 heteroatoms. The Morgan fingerprint density at radius 2 is 1.85 bits per heavy atom. The fourth-order valence-electron chi connectivity index (χ4n) is 3.96. The summed E-state index contributed by atoms with van der Waals surface area (Å²) in [6.07, 6.45) is 0.659. The van der Waals surface area contributed by atoms with Crippen LogP contribution in [0, 0.1) is 0 Å². The molecule has 1 saturated carbocycles. The quantitative estimate of drug-likeness (QED) is 0.428. The van der Waals surface area contributed by atoms with E-state index in [4.69, 9.17) is 0 Å². The van der Waals surface area contributed by atoms with E-state index in [2.05, 4.69) is 25.9 Å². The van der Waals surface area contributed by atoms with Crippen LogP contribution in [0.15, 0.2) is 42.7 Å². The number of amides is 1. The Hall–Kier alpha value is -3.37. The molecular weight excluding hydrogens is 440 g/mol. The summed E-state index contributed by atoms with van der Waals surface area (Å²) in [6, 6.07) is 8.37. The fourth-order valence-corrected chi connectivity index (χ4v) is 3.96. The molecule has 0 spiro atoms. The molecular formula is C22H24F4N6O. The van der Waals surface area contributed by atoms with Crippen LogP contribution in [-0.2, 0) is 0 Å². The van der Waals surface area contributed by atoms with E-state index >= 15 is 0 Å². The van der Waals surface area contributed by atoms with Crippen molar-refractivity contribution in [2.24, 2.45) is 0 Å². The van der Waals surface area contributed by atoms with Gasteiger partial charge in [0.05, 0.1) is 6.54 Å². The van der Waals surface area contributed by atoms with Crippen molar-refractivity contribution in [3.05, 3.63) is 54.0 Å². The van der Waals surface area contributed by atoms with Crippen LogP contribution in [0.1, 0.15) is 48.2 Å². The molecule has 7 nitrogen and oxygen atoms in total. The van der Waals surface area contributed by atoms with Gasteiger partial charge in [-0.05, 0) is 49.9 Å². The number of anilines is 2. The molecule has 1 amide bonds. The molecule has 1 aliphatic rings. The highest BCUT2D eigenvalue weighted by atomic mass is 19.3. The topological polar surface area (TPSA) is 83.4 Å². The summed E-state index contributed by atoms with van der Waals surface area (Å²) in [5, 5.41) is 8.88. The van der Waals surface area contributed by atoms with E-state index in [0.717, 1.165) is 25.7 Å². The Balaban J connectivity index is 1.31. The highest BCUT2D eigenvalue weighted by molar-refractivity contribution is 5.95. The second-order valence-electron chi connectivity index (χ2n) is 7.97. The predicted molar refractivity (Wildman–Crippen MR) is 116 cm³/mol. The van der Waals surface area contributed by atoms with E-state index < -0.39 is 19.4 Å². The highest BCUT2D eigenvalue weighted by Gasteiger charge is 2.24. The van der Waals surface area contributed by atoms with Crippen LogP contribution in [0.5, 0.6) is 0 Å². The maximum atomic E-state index is 13.0. The van der Waals surface area contributed by atoms with E-state index in [1.54, 1.807) is 16.5 Å². The number of hydrogen-bond donors (Lipinski definition) is 3. The predicted octanol–water partition coefficient (Wildman–Crippen LogP) is 4.50. The van der Waals surface area contributed by atoms with E-state index in [-0.39, 0.29) is 29.5 Å². The molecule has 3 aromatic rings. The maximum Gasteiger partial charge on any atom is 0.281 e. The van der Waals surface area contributed by atoms with Gasteiger partial charge in [0.1, 0.15) is 23.0 Å². The molecule has 3 N–H and O–H groups in total. The van der Waals surface area contributed by atoms with E-state index in [1.165, 1.54) is 24.5 Å². The Kier molecular flexibility index (Phi) is 6.95. The zero-order chi connectivity index (χ0) is 23.4. The first-order chi connectivity index (χ1) is 15.9. The number of alkyl halides is 4. The maximum absolute atomic E-state index is 13.0. The summed E-state index contributed by atoms with van der Waals surface area (Å²) in [5.74, 6) is 0.635. The van der Waals surface area contributed by atoms with Crippen molar-refractivity contribution in [2.75, 3.05) is 17.2 Å². The van der Waals surface area contributed by atoms with Crippen molar-refractivity contribution in [1.82, 2.24) is 19.7 Å². The zero-order valence-electron chi connectivity index (χ0n) is 17.6. The monoisotopic (exact) mass is 464 g/mol. The molecule has 0 bridgehead atoms. The van der Waals surface area contributed by atoms with Crippen molar-refractivity contribution in [3.8, 4) is 0 Å². The summed E-state index contributed by atoms with van der Waals surface area (Å²) in [6.45, 7) is -0.536. The van der Waals surface area contributed by atoms with Gasteiger partial charge < -0.3 is 16.0 Å². The number of rotatable bonds is 8. The summed E-state index contributed by atoms with van der Waals surface area (Å²) < 4.78 is 52.3. The van der Waals surface area contributed by atoms with Crippen LogP contribution in [0.25, 0.3) is 5.65 Å². The molecule has 1 fully saturated rings. The number of nitrogens with zero attached hydrogens (tertiary/aromatic N) is 3. The van der Waals surface area contributed by atoms with Crippen molar-refractivity contribution in [1.29, 1.82) is 0 Å². The van der Waals surface area contributed by atoms with Crippen LogP contribution in [0.3, 0.4) is 0 Å². The van der Waals surface area contributed by atoms with Gasteiger partial charge in [-0.25, -0.2) is 27.5 Å². The second-order valence-corrected chi connectivity index (χ2v) is 7.97. The number of nitrogens with one attached hydrogen (secondary N) is 3. The number of carbonyl (C=O) groups is 1. The minimum absolute atomic E-state index is 0.0179. The minimum Gasteiger partial charge on any atom is -0.368 e. The smallest absolute Gasteiger partial charge is 0.281 e. The largest absolute Gasteiger partial charge is 0.368 e. The van der Waals surface area contributed by atoms with E-state index in [9.17, 15) is 22.4 Å². The highest BCUT2D eigenvalue weighted by Crippen LogP contribution is 2.25. The number of carbonyl (C=O) groups excluding carboxylic acids is 1. The third kappa shape index (κ3) is 5.71. The molecule has 3 aromatic heterocycles. The first kappa shape index (κ1) is 22.8. The SMILES string of the molecule is O=C(N[C@H]1CC[C@@H](Nc2cccc3nc(C(F)F)cn23)CC1)c1ccnc(NCC(F)F)c1. The Bertz CT molecular complexity index is 1100. The molecule has 33 heavy (non-hydrogen) atoms. The summed E-state index contributed by atoms with van der Waals surface area (Å²) in [4.78, 5) is 20.5. The van der Waals surface area contributed by atoms with Crippen molar-refractivity contribution in [2.45, 2.75) is 50.6 Å². The lowest BCUT2D eigenvalue weighted by Gasteiger charge is -2.30. The van der Waals surface area contributed by atoms with Crippen LogP contribution in [0.4, 0.5) is 29.2 Å². The molecule has 0 saturated heterocycles. The molecule has 1 aliphatic carbocycles. The van der Waals surface area contributed by atoms with Gasteiger partial charge in [-0.1, -0.05) is 6.07 Å². The van der Waals surface area contributed by atoms with Gasteiger partial charge in [0, 0.05) is 30.0 Å². The van der Waals surface area contributed by atoms with Crippen LogP contribution < -0.4 is 16.0 Å². The Morgan fingerprint density at radius 1 is 1.09 bits per heavy atom. The van der Waals surface area contributed by atoms with Crippen LogP contribution >= 0.6 is 0 Å². The number of hydrogen-bond acceptors (Lipinski definition) is 5. The molecule has 0 radical (unpaired) electrons. The third-order valence-corrected chi connectivity index (χ3v) is 5.61. The lowest BCUT2D eigenvalue weighted by molar-refractivity contribution is 0.0926. The molecule has 4 rings (SSSR count). The lowest BCUT2D eigenvalue weighted by atomic mass is 9.91. The van der Waals surface area contributed by atoms with E-state index in [0.29, 0.717) is 17.0 Å². The fraction of sp³-hybridized carbons (Fsp3) is 0.409. The second kappa shape index (κ2) is 10.1. The summed E-state index contributed by atoms with van der Waals surface area (Å²) in [7, 11) is 0. The molecule has 3 heterocycles. The number of halogens is 4. The zero-order valence-corrected chi connectivity index (χ0v) is 17.6. The van der Waals surface area contributed by atoms with Crippen molar-refractivity contribution < 1.29 is 22.4 Å². The number of pyridine rings is 2. The normalized spacial score (nSPS) is 18.6. The first-order valence-corrected chi connectivity index (χ1v) is 10.7. The molecule has 0 atom stereocenters. The van der Waals surface area contributed by atoms with Crippen molar-refractivity contribution >= 4 is 23.2 Å². The van der Waals surface area contributed by atoms with Gasteiger partial charge in [-0.2, -0.15) is 0 Å². The average molecular weight is 464 g/mol. The molecule has 0 unspecified atom stereocenters. The van der Waals surface area contributed by atoms with Gasteiger partial charge in [0.2, 0.25) is 0 Å². The molecule has 0 aliphatic heterocycles. The van der Waals surface area contributed by atoms with Crippen LogP contribution in [-0.4, -0.2) is 45.3 Å². The Labute approximate surface area is 187 Å². The summed E-state index contributed by atoms with van der Waals surface area (Å²) in [5.41, 5.74) is 0.541. The number of imidazole rings is 1. The third-order valence-electron chi connectivity index (χ3n) is 5.61. The van der Waals surface area contributed by atoms with Gasteiger partial charge >= 0.3 is 0 Å². The Morgan fingerprint density at radius 3 is 2.58 bits per heavy atom. The van der Waals surface area contributed by atoms with E-state index in [1.807, 2.05) is 6.07 Å². The van der Waals surface area contributed by atoms with Crippen molar-refractivity contribution in [3.63, 3.8) is 0 Å². The number of aromatic nitrogens is 3. The number of fused-ring (bicyclic) bond motifs is 1. The van der Waals surface area contributed by atoms with Gasteiger partial charge in [-0.3, -0.25) is 9.20 Å². The average Bonchev–Trinajstić information content (AvgIpc) is 3.25. The van der Waals surface area contributed by atoms with Gasteiger partial charge in [0.25, 0.3) is 18.8 Å². The van der Waals surface area contributed by atoms with Gasteiger partial charge in [-0.15, -0.1) is 0 Å².